The van der Waals surface area contributed by atoms with E-state index in [-0.39, 0.29) is 0 Å². The SMILES string of the molecule is CC.CC(C)(C)C(=O)C(=O)N1CCCC1C(=O)OCCCc1cccnc1. The molecule has 2 heterocycles. The van der Waals surface area contributed by atoms with Gasteiger partial charge in [-0.3, -0.25) is 14.6 Å². The van der Waals surface area contributed by atoms with Gasteiger partial charge in [0.2, 0.25) is 5.78 Å². The lowest BCUT2D eigenvalue weighted by atomic mass is 9.90. The quantitative estimate of drug-likeness (QED) is 0.433. The summed E-state index contributed by atoms with van der Waals surface area (Å²) < 4.78 is 5.33. The number of nitrogens with zero attached hydrogens (tertiary/aromatic N) is 2. The van der Waals surface area contributed by atoms with E-state index in [0.717, 1.165) is 12.0 Å². The predicted octanol–water partition coefficient (Wildman–Crippen LogP) is 3.19. The van der Waals surface area contributed by atoms with E-state index in [1.54, 1.807) is 33.2 Å². The molecule has 1 amide bonds. The molecular weight excluding hydrogens is 344 g/mol. The van der Waals surface area contributed by atoms with Gasteiger partial charge >= 0.3 is 5.97 Å². The summed E-state index contributed by atoms with van der Waals surface area (Å²) in [6, 6.07) is 3.21. The lowest BCUT2D eigenvalue weighted by Gasteiger charge is -2.25. The van der Waals surface area contributed by atoms with Gasteiger partial charge < -0.3 is 9.64 Å². The third kappa shape index (κ3) is 6.77. The Hall–Kier alpha value is -2.24. The molecule has 27 heavy (non-hydrogen) atoms. The Kier molecular flexibility index (Phi) is 9.12. The molecule has 0 aliphatic carbocycles. The van der Waals surface area contributed by atoms with Gasteiger partial charge in [0.15, 0.2) is 0 Å². The first-order valence-corrected chi connectivity index (χ1v) is 9.71. The fraction of sp³-hybridized carbons (Fsp3) is 0.619. The Morgan fingerprint density at radius 2 is 1.96 bits per heavy atom. The Morgan fingerprint density at radius 1 is 1.26 bits per heavy atom. The van der Waals surface area contributed by atoms with Crippen LogP contribution in [0.4, 0.5) is 0 Å². The summed E-state index contributed by atoms with van der Waals surface area (Å²) in [4.78, 5) is 42.3. The number of hydrogen-bond acceptors (Lipinski definition) is 5. The molecule has 1 fully saturated rings. The van der Waals surface area contributed by atoms with Crippen LogP contribution >= 0.6 is 0 Å². The van der Waals surface area contributed by atoms with E-state index >= 15 is 0 Å². The average Bonchev–Trinajstić information content (AvgIpc) is 3.15. The molecule has 1 aliphatic heterocycles. The maximum absolute atomic E-state index is 12.4. The largest absolute Gasteiger partial charge is 0.464 e. The summed E-state index contributed by atoms with van der Waals surface area (Å²) in [6.07, 6.45) is 6.23. The van der Waals surface area contributed by atoms with Crippen LogP contribution in [0.2, 0.25) is 0 Å². The maximum Gasteiger partial charge on any atom is 0.328 e. The summed E-state index contributed by atoms with van der Waals surface area (Å²) in [7, 11) is 0. The smallest absolute Gasteiger partial charge is 0.328 e. The second-order valence-corrected chi connectivity index (χ2v) is 7.37. The molecule has 0 spiro atoms. The molecule has 0 radical (unpaired) electrons. The molecule has 6 nitrogen and oxygen atoms in total. The fourth-order valence-electron chi connectivity index (χ4n) is 2.80. The van der Waals surface area contributed by atoms with Crippen molar-refractivity contribution in [3.63, 3.8) is 0 Å². The van der Waals surface area contributed by atoms with Crippen LogP contribution < -0.4 is 0 Å². The maximum atomic E-state index is 12.4. The number of ketones is 1. The van der Waals surface area contributed by atoms with Gasteiger partial charge in [-0.1, -0.05) is 40.7 Å². The van der Waals surface area contributed by atoms with Gasteiger partial charge in [-0.25, -0.2) is 4.79 Å². The molecule has 1 unspecified atom stereocenters. The molecule has 0 bridgehead atoms. The molecule has 0 saturated carbocycles. The number of likely N-dealkylation sites (tertiary alicyclic amines) is 1. The zero-order chi connectivity index (χ0) is 20.4. The van der Waals surface area contributed by atoms with Crippen LogP contribution in [0, 0.1) is 5.41 Å². The average molecular weight is 376 g/mol. The first kappa shape index (κ1) is 22.8. The van der Waals surface area contributed by atoms with Crippen LogP contribution in [-0.4, -0.2) is 46.7 Å². The van der Waals surface area contributed by atoms with Gasteiger partial charge in [-0.2, -0.15) is 0 Å². The van der Waals surface area contributed by atoms with Crippen molar-refractivity contribution in [2.45, 2.75) is 66.3 Å². The molecule has 1 saturated heterocycles. The lowest BCUT2D eigenvalue weighted by Crippen LogP contribution is -2.47. The standard InChI is InChI=1S/C19H26N2O4.C2H6/c1-19(2,3)16(22)17(23)21-11-5-9-15(21)18(24)25-12-6-8-14-7-4-10-20-13-14;1-2/h4,7,10,13,15H,5-6,8-9,11-12H2,1-3H3;1-2H3. The molecule has 2 rings (SSSR count). The highest BCUT2D eigenvalue weighted by molar-refractivity contribution is 6.38. The Labute approximate surface area is 162 Å². The van der Waals surface area contributed by atoms with Crippen molar-refractivity contribution in [3.05, 3.63) is 30.1 Å². The number of carbonyl (C=O) groups is 3. The van der Waals surface area contributed by atoms with Crippen molar-refractivity contribution in [2.75, 3.05) is 13.2 Å². The van der Waals surface area contributed by atoms with E-state index < -0.39 is 29.1 Å². The molecule has 6 heteroatoms. The molecule has 1 atom stereocenters. The summed E-state index contributed by atoms with van der Waals surface area (Å²) >= 11 is 0. The van der Waals surface area contributed by atoms with Crippen LogP contribution in [0.1, 0.15) is 59.4 Å². The van der Waals surface area contributed by atoms with E-state index in [0.29, 0.717) is 32.4 Å². The predicted molar refractivity (Wildman–Crippen MR) is 104 cm³/mol. The zero-order valence-corrected chi connectivity index (χ0v) is 17.2. The van der Waals surface area contributed by atoms with Crippen molar-refractivity contribution in [3.8, 4) is 0 Å². The summed E-state index contributed by atoms with van der Waals surface area (Å²) in [5.74, 6) is -1.47. The van der Waals surface area contributed by atoms with Crippen LogP contribution in [0.25, 0.3) is 0 Å². The van der Waals surface area contributed by atoms with E-state index in [1.807, 2.05) is 26.0 Å². The summed E-state index contributed by atoms with van der Waals surface area (Å²) in [5, 5.41) is 0. The Balaban J connectivity index is 0.00000176. The number of aryl methyl sites for hydroxylation is 1. The Bertz CT molecular complexity index is 623. The van der Waals surface area contributed by atoms with Crippen molar-refractivity contribution < 1.29 is 19.1 Å². The topological polar surface area (TPSA) is 76.6 Å². The molecule has 1 aromatic rings. The molecule has 0 N–H and O–H groups in total. The number of rotatable bonds is 6. The minimum absolute atomic E-state index is 0.291. The van der Waals surface area contributed by atoms with Crippen LogP contribution in [0.3, 0.4) is 0 Å². The number of aromatic nitrogens is 1. The van der Waals surface area contributed by atoms with E-state index in [2.05, 4.69) is 4.98 Å². The number of esters is 1. The minimum atomic E-state index is -0.752. The van der Waals surface area contributed by atoms with E-state index in [1.165, 1.54) is 4.90 Å². The van der Waals surface area contributed by atoms with Gasteiger partial charge in [0.1, 0.15) is 6.04 Å². The van der Waals surface area contributed by atoms with Crippen LogP contribution in [0.5, 0.6) is 0 Å². The third-order valence-corrected chi connectivity index (χ3v) is 4.24. The van der Waals surface area contributed by atoms with Gasteiger partial charge in [0.25, 0.3) is 5.91 Å². The first-order valence-electron chi connectivity index (χ1n) is 9.71. The summed E-state index contributed by atoms with van der Waals surface area (Å²) in [5.41, 5.74) is 0.338. The molecular formula is C21H32N2O4. The third-order valence-electron chi connectivity index (χ3n) is 4.24. The highest BCUT2D eigenvalue weighted by Gasteiger charge is 2.40. The molecule has 0 aromatic carbocycles. The normalized spacial score (nSPS) is 16.3. The molecule has 150 valence electrons. The van der Waals surface area contributed by atoms with Crippen molar-refractivity contribution in [1.82, 2.24) is 9.88 Å². The number of pyridine rings is 1. The first-order chi connectivity index (χ1) is 12.8. The van der Waals surface area contributed by atoms with Gasteiger partial charge in [-0.05, 0) is 37.3 Å². The Morgan fingerprint density at radius 3 is 2.56 bits per heavy atom. The second kappa shape index (κ2) is 10.8. The fourth-order valence-corrected chi connectivity index (χ4v) is 2.80. The van der Waals surface area contributed by atoms with Gasteiger partial charge in [0.05, 0.1) is 6.61 Å². The van der Waals surface area contributed by atoms with Crippen molar-refractivity contribution in [1.29, 1.82) is 0 Å². The number of ether oxygens (including phenoxy) is 1. The van der Waals surface area contributed by atoms with Crippen molar-refractivity contribution >= 4 is 17.7 Å². The minimum Gasteiger partial charge on any atom is -0.464 e. The lowest BCUT2D eigenvalue weighted by molar-refractivity contribution is -0.157. The van der Waals surface area contributed by atoms with E-state index in [9.17, 15) is 14.4 Å². The zero-order valence-electron chi connectivity index (χ0n) is 17.2. The monoisotopic (exact) mass is 376 g/mol. The molecule has 1 aromatic heterocycles. The van der Waals surface area contributed by atoms with Gasteiger partial charge in [-0.15, -0.1) is 0 Å². The highest BCUT2D eigenvalue weighted by Crippen LogP contribution is 2.23. The van der Waals surface area contributed by atoms with Crippen LogP contribution in [0.15, 0.2) is 24.5 Å². The van der Waals surface area contributed by atoms with Gasteiger partial charge in [0, 0.05) is 24.4 Å². The summed E-state index contributed by atoms with van der Waals surface area (Å²) in [6.45, 7) is 9.83. The number of amides is 1. The highest BCUT2D eigenvalue weighted by atomic mass is 16.5. The number of hydrogen-bond donors (Lipinski definition) is 0. The number of Topliss-reactive ketones (excluding diaryl/α,β-unsaturated/α-hetero) is 1. The number of carbonyl (C=O) groups excluding carboxylic acids is 3. The van der Waals surface area contributed by atoms with Crippen LogP contribution in [-0.2, 0) is 25.5 Å². The van der Waals surface area contributed by atoms with E-state index in [4.69, 9.17) is 4.74 Å². The second-order valence-electron chi connectivity index (χ2n) is 7.37. The van der Waals surface area contributed by atoms with Crippen molar-refractivity contribution in [2.24, 2.45) is 5.41 Å². The molecule has 1 aliphatic rings.